The summed E-state index contributed by atoms with van der Waals surface area (Å²) >= 11 is 0. The van der Waals surface area contributed by atoms with Crippen molar-refractivity contribution in [2.24, 2.45) is 0 Å². The van der Waals surface area contributed by atoms with Crippen molar-refractivity contribution in [1.82, 2.24) is 0 Å². The van der Waals surface area contributed by atoms with Crippen molar-refractivity contribution >= 4 is 12.9 Å². The monoisotopic (exact) mass is 157 g/mol. The molecule has 53 valence electrons. The summed E-state index contributed by atoms with van der Waals surface area (Å²) in [6.07, 6.45) is 0. The third-order valence-corrected chi connectivity index (χ3v) is 1.91. The molecule has 0 spiro atoms. The van der Waals surface area contributed by atoms with Gasteiger partial charge in [-0.05, 0) is 12.1 Å². The molecular weight excluding hydrogens is 151 g/mol. The van der Waals surface area contributed by atoms with Gasteiger partial charge in [-0.3, -0.25) is 4.57 Å². The van der Waals surface area contributed by atoms with E-state index in [1.807, 2.05) is 0 Å². The molecule has 0 aliphatic rings. The summed E-state index contributed by atoms with van der Waals surface area (Å²) < 4.78 is 10.5. The molecule has 0 aliphatic carbocycles. The van der Waals surface area contributed by atoms with Gasteiger partial charge in [0.05, 0.1) is 5.30 Å². The van der Waals surface area contributed by atoms with E-state index in [4.69, 9.17) is 9.79 Å². The lowest BCUT2D eigenvalue weighted by Crippen LogP contribution is -2.01. The van der Waals surface area contributed by atoms with Crippen LogP contribution in [-0.4, -0.2) is 9.79 Å². The lowest BCUT2D eigenvalue weighted by atomic mass is 10.4. The molecule has 0 bridgehead atoms. The normalized spacial score (nSPS) is 11.4. The molecular formula is C6H6O3P. The standard InChI is InChI=1S/C6H6O3P/c7-10(8,9)6-4-2-1-3-5-6/h1-4H,(H2,7,8,9). The molecule has 0 unspecified atom stereocenters. The molecule has 0 amide bonds. The van der Waals surface area contributed by atoms with E-state index in [2.05, 4.69) is 6.07 Å². The number of rotatable bonds is 1. The summed E-state index contributed by atoms with van der Waals surface area (Å²) in [4.78, 5) is 17.1. The highest BCUT2D eigenvalue weighted by molar-refractivity contribution is 7.60. The van der Waals surface area contributed by atoms with Gasteiger partial charge in [-0.1, -0.05) is 18.2 Å². The predicted octanol–water partition coefficient (Wildman–Crippen LogP) is 0.290. The van der Waals surface area contributed by atoms with E-state index in [1.54, 1.807) is 12.1 Å². The van der Waals surface area contributed by atoms with Crippen LogP contribution in [0.5, 0.6) is 0 Å². The van der Waals surface area contributed by atoms with Gasteiger partial charge in [0, 0.05) is 0 Å². The lowest BCUT2D eigenvalue weighted by molar-refractivity contribution is 0.387. The first-order valence-corrected chi connectivity index (χ1v) is 4.25. The molecule has 1 rings (SSSR count). The maximum Gasteiger partial charge on any atom is 0.356 e. The Hall–Kier alpha value is -0.630. The second-order valence-corrected chi connectivity index (χ2v) is 3.36. The van der Waals surface area contributed by atoms with Gasteiger partial charge < -0.3 is 9.79 Å². The molecule has 3 nitrogen and oxygen atoms in total. The minimum Gasteiger partial charge on any atom is -0.321 e. The van der Waals surface area contributed by atoms with Crippen LogP contribution in [-0.2, 0) is 4.57 Å². The van der Waals surface area contributed by atoms with E-state index >= 15 is 0 Å². The van der Waals surface area contributed by atoms with Gasteiger partial charge in [-0.15, -0.1) is 0 Å². The molecule has 1 aromatic rings. The summed E-state index contributed by atoms with van der Waals surface area (Å²) in [5.74, 6) is 0. The van der Waals surface area contributed by atoms with Crippen LogP contribution in [0.4, 0.5) is 0 Å². The van der Waals surface area contributed by atoms with Crippen molar-refractivity contribution in [2.45, 2.75) is 0 Å². The van der Waals surface area contributed by atoms with E-state index in [0.29, 0.717) is 0 Å². The molecule has 0 heterocycles. The molecule has 0 aromatic heterocycles. The molecule has 4 heteroatoms. The van der Waals surface area contributed by atoms with Crippen LogP contribution in [0.2, 0.25) is 0 Å². The van der Waals surface area contributed by atoms with Crippen molar-refractivity contribution in [3.63, 3.8) is 0 Å². The van der Waals surface area contributed by atoms with Crippen LogP contribution in [0.3, 0.4) is 0 Å². The van der Waals surface area contributed by atoms with E-state index in [9.17, 15) is 4.57 Å². The highest BCUT2D eigenvalue weighted by Crippen LogP contribution is 2.32. The zero-order chi connectivity index (χ0) is 7.61. The Morgan fingerprint density at radius 2 is 2.10 bits per heavy atom. The summed E-state index contributed by atoms with van der Waals surface area (Å²) in [6.45, 7) is 0. The van der Waals surface area contributed by atoms with E-state index in [0.717, 1.165) is 0 Å². The lowest BCUT2D eigenvalue weighted by Gasteiger charge is -2.00. The maximum atomic E-state index is 10.5. The largest absolute Gasteiger partial charge is 0.356 e. The van der Waals surface area contributed by atoms with Crippen LogP contribution in [0.15, 0.2) is 24.3 Å². The van der Waals surface area contributed by atoms with Crippen LogP contribution >= 0.6 is 7.60 Å². The van der Waals surface area contributed by atoms with E-state index in [-0.39, 0.29) is 5.30 Å². The van der Waals surface area contributed by atoms with Crippen LogP contribution in [0.25, 0.3) is 0 Å². The number of benzene rings is 1. The number of hydrogen-bond acceptors (Lipinski definition) is 1. The summed E-state index contributed by atoms with van der Waals surface area (Å²) in [5, 5.41) is -0.0602. The summed E-state index contributed by atoms with van der Waals surface area (Å²) in [6, 6.07) is 8.47. The van der Waals surface area contributed by atoms with Gasteiger partial charge in [0.1, 0.15) is 0 Å². The fraction of sp³-hybridized carbons (Fsp3) is 0. The molecule has 0 atom stereocenters. The minimum atomic E-state index is -4.07. The topological polar surface area (TPSA) is 57.5 Å². The average Bonchev–Trinajstić information content (AvgIpc) is 1.88. The Bertz CT molecular complexity index is 251. The molecule has 2 N–H and O–H groups in total. The van der Waals surface area contributed by atoms with Gasteiger partial charge >= 0.3 is 7.60 Å². The smallest absolute Gasteiger partial charge is 0.321 e. The summed E-state index contributed by atoms with van der Waals surface area (Å²) in [5.41, 5.74) is 0. The van der Waals surface area contributed by atoms with E-state index in [1.165, 1.54) is 12.1 Å². The fourth-order valence-electron chi connectivity index (χ4n) is 0.565. The quantitative estimate of drug-likeness (QED) is 0.576. The van der Waals surface area contributed by atoms with Crippen molar-refractivity contribution in [3.05, 3.63) is 30.3 Å². The Kier molecular flexibility index (Phi) is 1.90. The van der Waals surface area contributed by atoms with Crippen LogP contribution < -0.4 is 5.30 Å². The highest BCUT2D eigenvalue weighted by atomic mass is 31.2. The SMILES string of the molecule is O=P(O)(O)c1[c]cccc1. The van der Waals surface area contributed by atoms with Crippen molar-refractivity contribution in [3.8, 4) is 0 Å². The Balaban J connectivity index is 3.09. The average molecular weight is 157 g/mol. The van der Waals surface area contributed by atoms with E-state index < -0.39 is 7.60 Å². The second-order valence-electron chi connectivity index (χ2n) is 1.79. The fourth-order valence-corrected chi connectivity index (χ4v) is 1.09. The summed E-state index contributed by atoms with van der Waals surface area (Å²) in [7, 11) is -4.07. The zero-order valence-electron chi connectivity index (χ0n) is 5.06. The first-order valence-electron chi connectivity index (χ1n) is 2.63. The first-order chi connectivity index (χ1) is 4.61. The van der Waals surface area contributed by atoms with Crippen molar-refractivity contribution < 1.29 is 14.4 Å². The van der Waals surface area contributed by atoms with Crippen LogP contribution in [0.1, 0.15) is 0 Å². The third-order valence-electron chi connectivity index (χ3n) is 1.01. The van der Waals surface area contributed by atoms with Crippen molar-refractivity contribution in [2.75, 3.05) is 0 Å². The molecule has 0 saturated heterocycles. The highest BCUT2D eigenvalue weighted by Gasteiger charge is 2.15. The minimum absolute atomic E-state index is 0.0602. The third kappa shape index (κ3) is 1.67. The Morgan fingerprint density at radius 3 is 2.40 bits per heavy atom. The Morgan fingerprint density at radius 1 is 1.40 bits per heavy atom. The van der Waals surface area contributed by atoms with Gasteiger partial charge in [0.25, 0.3) is 0 Å². The van der Waals surface area contributed by atoms with Gasteiger partial charge in [0.2, 0.25) is 0 Å². The van der Waals surface area contributed by atoms with Crippen molar-refractivity contribution in [1.29, 1.82) is 0 Å². The molecule has 10 heavy (non-hydrogen) atoms. The van der Waals surface area contributed by atoms with Crippen LogP contribution in [0, 0.1) is 6.07 Å². The molecule has 1 radical (unpaired) electrons. The second kappa shape index (κ2) is 2.54. The first kappa shape index (κ1) is 7.48. The van der Waals surface area contributed by atoms with Gasteiger partial charge in [0.15, 0.2) is 0 Å². The molecule has 0 saturated carbocycles. The van der Waals surface area contributed by atoms with Gasteiger partial charge in [-0.25, -0.2) is 0 Å². The molecule has 0 fully saturated rings. The molecule has 1 aromatic carbocycles. The van der Waals surface area contributed by atoms with Gasteiger partial charge in [-0.2, -0.15) is 0 Å². The maximum absolute atomic E-state index is 10.5. The molecule has 0 aliphatic heterocycles. The number of hydrogen-bond donors (Lipinski definition) is 2. The Labute approximate surface area is 58.5 Å². The zero-order valence-corrected chi connectivity index (χ0v) is 5.95. The predicted molar refractivity (Wildman–Crippen MR) is 37.0 cm³/mol.